The molecule has 3 atom stereocenters. The molecule has 1 heterocycles. The fourth-order valence-corrected chi connectivity index (χ4v) is 3.41. The summed E-state index contributed by atoms with van der Waals surface area (Å²) < 4.78 is 16.9. The van der Waals surface area contributed by atoms with Crippen LogP contribution in [0.25, 0.3) is 0 Å². The fourth-order valence-electron chi connectivity index (χ4n) is 3.41. The van der Waals surface area contributed by atoms with Crippen molar-refractivity contribution >= 4 is 5.97 Å². The number of esters is 1. The highest BCUT2D eigenvalue weighted by Gasteiger charge is 2.64. The highest BCUT2D eigenvalue weighted by Crippen LogP contribution is 2.55. The molecule has 88 valence electrons. The van der Waals surface area contributed by atoms with E-state index in [0.29, 0.717) is 25.0 Å². The molecule has 2 saturated carbocycles. The van der Waals surface area contributed by atoms with Gasteiger partial charge in [0.15, 0.2) is 6.10 Å². The van der Waals surface area contributed by atoms with Crippen molar-refractivity contribution in [3.63, 3.8) is 0 Å². The van der Waals surface area contributed by atoms with E-state index in [0.717, 1.165) is 19.3 Å². The van der Waals surface area contributed by atoms with Crippen LogP contribution in [0.4, 0.5) is 0 Å². The second-order valence-electron chi connectivity index (χ2n) is 4.75. The molecule has 1 saturated heterocycles. The summed E-state index contributed by atoms with van der Waals surface area (Å²) in [6.07, 6.45) is 4.24. The van der Waals surface area contributed by atoms with Crippen LogP contribution in [-0.2, 0) is 19.0 Å². The van der Waals surface area contributed by atoms with E-state index in [1.54, 1.807) is 0 Å². The Labute approximate surface area is 94.5 Å². The molecule has 0 amide bonds. The maximum absolute atomic E-state index is 11.3. The van der Waals surface area contributed by atoms with Crippen LogP contribution in [0.3, 0.4) is 0 Å². The Morgan fingerprint density at radius 3 is 2.81 bits per heavy atom. The zero-order valence-corrected chi connectivity index (χ0v) is 9.19. The highest BCUT2D eigenvalue weighted by molar-refractivity contribution is 5.81. The molecule has 4 heteroatoms. The van der Waals surface area contributed by atoms with Gasteiger partial charge in [0.1, 0.15) is 0 Å². The van der Waals surface area contributed by atoms with Gasteiger partial charge in [-0.25, -0.2) is 4.79 Å². The Morgan fingerprint density at radius 1 is 1.38 bits per heavy atom. The van der Waals surface area contributed by atoms with Crippen molar-refractivity contribution in [2.45, 2.75) is 31.2 Å². The Bertz CT molecular complexity index is 319. The van der Waals surface area contributed by atoms with Gasteiger partial charge in [-0.1, -0.05) is 6.58 Å². The molecule has 3 aliphatic rings. The molecule has 0 N–H and O–H groups in total. The van der Waals surface area contributed by atoms with Crippen molar-refractivity contribution in [2.75, 3.05) is 13.2 Å². The minimum absolute atomic E-state index is 0.237. The predicted molar refractivity (Wildman–Crippen MR) is 55.5 cm³/mol. The first-order valence-corrected chi connectivity index (χ1v) is 5.87. The van der Waals surface area contributed by atoms with E-state index in [1.807, 2.05) is 0 Å². The van der Waals surface area contributed by atoms with E-state index >= 15 is 0 Å². The van der Waals surface area contributed by atoms with Crippen molar-refractivity contribution in [1.82, 2.24) is 0 Å². The molecule has 1 spiro atoms. The third kappa shape index (κ3) is 1.26. The maximum Gasteiger partial charge on any atom is 0.330 e. The van der Waals surface area contributed by atoms with E-state index in [9.17, 15) is 4.79 Å². The predicted octanol–water partition coefficient (Wildman–Crippen LogP) is 1.26. The number of hydrogen-bond acceptors (Lipinski definition) is 4. The van der Waals surface area contributed by atoms with Crippen LogP contribution in [0.5, 0.6) is 0 Å². The summed E-state index contributed by atoms with van der Waals surface area (Å²) in [5.74, 6) is -0.229. The van der Waals surface area contributed by atoms with Gasteiger partial charge in [0.05, 0.1) is 13.2 Å². The number of carbonyl (C=O) groups is 1. The van der Waals surface area contributed by atoms with Gasteiger partial charge in [-0.15, -0.1) is 0 Å². The first-order chi connectivity index (χ1) is 7.76. The molecular weight excluding hydrogens is 208 g/mol. The van der Waals surface area contributed by atoms with Crippen molar-refractivity contribution in [3.8, 4) is 0 Å². The normalized spacial score (nSPS) is 39.1. The highest BCUT2D eigenvalue weighted by atomic mass is 16.8. The standard InChI is InChI=1S/C12H16O4/c1-2-10(13)16-11-8-3-4-9(7-8)12(11)14-5-6-15-12/h2,8-9,11H,1,3-7H2. The average Bonchev–Trinajstić information content (AvgIpc) is 2.98. The van der Waals surface area contributed by atoms with E-state index in [4.69, 9.17) is 14.2 Å². The Hall–Kier alpha value is -0.870. The van der Waals surface area contributed by atoms with Crippen LogP contribution < -0.4 is 0 Å². The topological polar surface area (TPSA) is 44.8 Å². The van der Waals surface area contributed by atoms with E-state index in [-0.39, 0.29) is 12.1 Å². The van der Waals surface area contributed by atoms with E-state index < -0.39 is 5.79 Å². The molecule has 4 nitrogen and oxygen atoms in total. The van der Waals surface area contributed by atoms with Crippen molar-refractivity contribution < 1.29 is 19.0 Å². The first kappa shape index (κ1) is 10.3. The minimum Gasteiger partial charge on any atom is -0.453 e. The second-order valence-corrected chi connectivity index (χ2v) is 4.75. The molecule has 0 radical (unpaired) electrons. The largest absolute Gasteiger partial charge is 0.453 e. The monoisotopic (exact) mass is 224 g/mol. The van der Waals surface area contributed by atoms with Crippen LogP contribution >= 0.6 is 0 Å². The molecule has 3 rings (SSSR count). The van der Waals surface area contributed by atoms with Crippen molar-refractivity contribution in [2.24, 2.45) is 11.8 Å². The third-order valence-electron chi connectivity index (χ3n) is 4.02. The van der Waals surface area contributed by atoms with Crippen LogP contribution in [0.2, 0.25) is 0 Å². The lowest BCUT2D eigenvalue weighted by Crippen LogP contribution is -2.50. The number of hydrogen-bond donors (Lipinski definition) is 0. The second kappa shape index (κ2) is 3.57. The van der Waals surface area contributed by atoms with Crippen LogP contribution in [0.15, 0.2) is 12.7 Å². The number of fused-ring (bicyclic) bond motifs is 3. The zero-order chi connectivity index (χ0) is 11.2. The van der Waals surface area contributed by atoms with Gasteiger partial charge in [0.25, 0.3) is 0 Å². The molecule has 2 bridgehead atoms. The lowest BCUT2D eigenvalue weighted by molar-refractivity contribution is -0.250. The average molecular weight is 224 g/mol. The summed E-state index contributed by atoms with van der Waals surface area (Å²) in [7, 11) is 0. The van der Waals surface area contributed by atoms with Gasteiger partial charge in [0, 0.05) is 17.9 Å². The van der Waals surface area contributed by atoms with Gasteiger partial charge < -0.3 is 14.2 Å². The van der Waals surface area contributed by atoms with Crippen LogP contribution in [0.1, 0.15) is 19.3 Å². The Balaban J connectivity index is 1.84. The molecule has 16 heavy (non-hydrogen) atoms. The van der Waals surface area contributed by atoms with Crippen molar-refractivity contribution in [1.29, 1.82) is 0 Å². The van der Waals surface area contributed by atoms with E-state index in [1.165, 1.54) is 6.08 Å². The number of carbonyl (C=O) groups excluding carboxylic acids is 1. The van der Waals surface area contributed by atoms with Gasteiger partial charge in [0.2, 0.25) is 5.79 Å². The van der Waals surface area contributed by atoms with Crippen molar-refractivity contribution in [3.05, 3.63) is 12.7 Å². The molecule has 1 aliphatic heterocycles. The summed E-state index contributed by atoms with van der Waals surface area (Å²) in [4.78, 5) is 11.3. The van der Waals surface area contributed by atoms with Gasteiger partial charge in [-0.3, -0.25) is 0 Å². The lowest BCUT2D eigenvalue weighted by atomic mass is 9.91. The number of rotatable bonds is 2. The fraction of sp³-hybridized carbons (Fsp3) is 0.750. The summed E-state index contributed by atoms with van der Waals surface area (Å²) in [6.45, 7) is 4.63. The summed E-state index contributed by atoms with van der Waals surface area (Å²) in [5, 5.41) is 0. The molecule has 3 fully saturated rings. The summed E-state index contributed by atoms with van der Waals surface area (Å²) >= 11 is 0. The Morgan fingerprint density at radius 2 is 2.12 bits per heavy atom. The molecule has 0 aromatic rings. The quantitative estimate of drug-likeness (QED) is 0.523. The van der Waals surface area contributed by atoms with Gasteiger partial charge in [-0.2, -0.15) is 0 Å². The maximum atomic E-state index is 11.3. The first-order valence-electron chi connectivity index (χ1n) is 5.87. The molecular formula is C12H16O4. The van der Waals surface area contributed by atoms with E-state index in [2.05, 4.69) is 6.58 Å². The third-order valence-corrected chi connectivity index (χ3v) is 4.02. The number of ether oxygens (including phenoxy) is 3. The molecule has 0 aromatic heterocycles. The zero-order valence-electron chi connectivity index (χ0n) is 9.19. The SMILES string of the molecule is C=CC(=O)OC1C2CCC(C2)C12OCCO2. The molecule has 2 aliphatic carbocycles. The molecule has 0 aromatic carbocycles. The van der Waals surface area contributed by atoms with Gasteiger partial charge >= 0.3 is 5.97 Å². The summed E-state index contributed by atoms with van der Waals surface area (Å²) in [5.41, 5.74) is 0. The van der Waals surface area contributed by atoms with Crippen LogP contribution in [0, 0.1) is 11.8 Å². The van der Waals surface area contributed by atoms with Gasteiger partial charge in [-0.05, 0) is 19.3 Å². The van der Waals surface area contributed by atoms with Crippen LogP contribution in [-0.4, -0.2) is 31.1 Å². The summed E-state index contributed by atoms with van der Waals surface area (Å²) in [6, 6.07) is 0. The Kier molecular flexibility index (Phi) is 2.30. The molecule has 3 unspecified atom stereocenters. The minimum atomic E-state index is -0.637. The smallest absolute Gasteiger partial charge is 0.330 e. The lowest BCUT2D eigenvalue weighted by Gasteiger charge is -2.37.